The first-order valence-electron chi connectivity index (χ1n) is 3.95. The standard InChI is InChI=1S/C6H10N6/c7-11-9-6(10-12-8)4-2-1-3-5-6/h1-5H2. The Kier molecular flexibility index (Phi) is 2.80. The molecule has 0 N–H and O–H groups in total. The summed E-state index contributed by atoms with van der Waals surface area (Å²) in [6, 6.07) is 0. The summed E-state index contributed by atoms with van der Waals surface area (Å²) in [5, 5.41) is 7.13. The maximum Gasteiger partial charge on any atom is 0.127 e. The second-order valence-corrected chi connectivity index (χ2v) is 2.92. The van der Waals surface area contributed by atoms with Crippen molar-refractivity contribution in [1.82, 2.24) is 0 Å². The van der Waals surface area contributed by atoms with Gasteiger partial charge in [0.2, 0.25) is 0 Å². The molecule has 0 amide bonds. The van der Waals surface area contributed by atoms with Crippen LogP contribution in [0.15, 0.2) is 10.2 Å². The molecule has 64 valence electrons. The minimum absolute atomic E-state index is 0.682. The average Bonchev–Trinajstić information content (AvgIpc) is 2.07. The fourth-order valence-corrected chi connectivity index (χ4v) is 1.50. The van der Waals surface area contributed by atoms with Crippen molar-refractivity contribution in [2.24, 2.45) is 10.2 Å². The van der Waals surface area contributed by atoms with Crippen LogP contribution in [0, 0.1) is 0 Å². The summed E-state index contributed by atoms with van der Waals surface area (Å²) in [4.78, 5) is 5.42. The fourth-order valence-electron chi connectivity index (χ4n) is 1.50. The SMILES string of the molecule is [N-]=[N+]=NC1(N=[N+]=[N-])CCCCC1. The van der Waals surface area contributed by atoms with Crippen LogP contribution in [0.3, 0.4) is 0 Å². The molecule has 12 heavy (non-hydrogen) atoms. The molecule has 6 nitrogen and oxygen atoms in total. The van der Waals surface area contributed by atoms with E-state index < -0.39 is 5.66 Å². The molecule has 0 unspecified atom stereocenters. The van der Waals surface area contributed by atoms with Crippen LogP contribution in [0.1, 0.15) is 32.1 Å². The number of rotatable bonds is 2. The van der Waals surface area contributed by atoms with Crippen molar-refractivity contribution in [2.45, 2.75) is 37.8 Å². The molecule has 1 rings (SSSR count). The van der Waals surface area contributed by atoms with Crippen LogP contribution in [-0.2, 0) is 0 Å². The molecule has 0 atom stereocenters. The lowest BCUT2D eigenvalue weighted by atomic mass is 9.90. The van der Waals surface area contributed by atoms with E-state index in [2.05, 4.69) is 20.1 Å². The van der Waals surface area contributed by atoms with E-state index in [-0.39, 0.29) is 0 Å². The van der Waals surface area contributed by atoms with E-state index in [9.17, 15) is 0 Å². The van der Waals surface area contributed by atoms with Crippen molar-refractivity contribution in [2.75, 3.05) is 0 Å². The van der Waals surface area contributed by atoms with Crippen molar-refractivity contribution < 1.29 is 0 Å². The molecule has 0 aromatic rings. The molecule has 0 saturated heterocycles. The Bertz CT molecular complexity index is 221. The summed E-state index contributed by atoms with van der Waals surface area (Å²) in [7, 11) is 0. The van der Waals surface area contributed by atoms with Gasteiger partial charge in [-0.1, -0.05) is 29.5 Å². The van der Waals surface area contributed by atoms with E-state index in [4.69, 9.17) is 11.1 Å². The van der Waals surface area contributed by atoms with Crippen LogP contribution < -0.4 is 0 Å². The predicted octanol–water partition coefficient (Wildman–Crippen LogP) is 3.27. The van der Waals surface area contributed by atoms with Gasteiger partial charge in [-0.25, -0.2) is 0 Å². The maximum absolute atomic E-state index is 8.29. The van der Waals surface area contributed by atoms with Gasteiger partial charge in [0.25, 0.3) is 0 Å². The Morgan fingerprint density at radius 3 is 1.83 bits per heavy atom. The van der Waals surface area contributed by atoms with E-state index >= 15 is 0 Å². The lowest BCUT2D eigenvalue weighted by Crippen LogP contribution is -2.25. The van der Waals surface area contributed by atoms with Crippen LogP contribution in [-0.4, -0.2) is 5.66 Å². The minimum atomic E-state index is -0.804. The molecular formula is C6H10N6. The molecule has 0 radical (unpaired) electrons. The lowest BCUT2D eigenvalue weighted by molar-refractivity contribution is 0.305. The Morgan fingerprint density at radius 1 is 0.917 bits per heavy atom. The fraction of sp³-hybridized carbons (Fsp3) is 1.00. The first-order chi connectivity index (χ1) is 5.83. The van der Waals surface area contributed by atoms with E-state index in [1.807, 2.05) is 0 Å². The van der Waals surface area contributed by atoms with Gasteiger partial charge in [0, 0.05) is 9.82 Å². The van der Waals surface area contributed by atoms with E-state index in [1.54, 1.807) is 0 Å². The molecular weight excluding hydrogens is 156 g/mol. The van der Waals surface area contributed by atoms with E-state index in [0.29, 0.717) is 12.8 Å². The molecule has 0 spiro atoms. The monoisotopic (exact) mass is 166 g/mol. The van der Waals surface area contributed by atoms with Gasteiger partial charge in [-0.05, 0) is 23.9 Å². The first kappa shape index (κ1) is 8.71. The van der Waals surface area contributed by atoms with Crippen LogP contribution in [0.5, 0.6) is 0 Å². The number of hydrogen-bond acceptors (Lipinski definition) is 2. The zero-order valence-electron chi connectivity index (χ0n) is 6.72. The Balaban J connectivity index is 2.82. The third-order valence-corrected chi connectivity index (χ3v) is 2.12. The molecule has 1 fully saturated rings. The normalized spacial score (nSPS) is 20.3. The molecule has 1 saturated carbocycles. The van der Waals surface area contributed by atoms with Gasteiger partial charge in [-0.3, -0.25) is 0 Å². The highest BCUT2D eigenvalue weighted by Crippen LogP contribution is 2.33. The second kappa shape index (κ2) is 3.85. The largest absolute Gasteiger partial charge is 0.127 e. The summed E-state index contributed by atoms with van der Waals surface area (Å²) in [5.41, 5.74) is 15.8. The van der Waals surface area contributed by atoms with Crippen LogP contribution in [0.25, 0.3) is 20.9 Å². The second-order valence-electron chi connectivity index (χ2n) is 2.92. The van der Waals surface area contributed by atoms with Gasteiger partial charge in [-0.15, -0.1) is 0 Å². The zero-order valence-corrected chi connectivity index (χ0v) is 6.72. The number of azide groups is 1. The molecule has 1 aliphatic rings. The summed E-state index contributed by atoms with van der Waals surface area (Å²) in [5.74, 6) is 0. The number of hydrogen-bond donors (Lipinski definition) is 0. The average molecular weight is 166 g/mol. The third-order valence-electron chi connectivity index (χ3n) is 2.12. The lowest BCUT2D eigenvalue weighted by Gasteiger charge is -2.27. The topological polar surface area (TPSA) is 97.5 Å². The van der Waals surface area contributed by atoms with Crippen molar-refractivity contribution in [3.8, 4) is 0 Å². The Hall–Kier alpha value is -1.38. The molecule has 0 bridgehead atoms. The first-order valence-corrected chi connectivity index (χ1v) is 3.95. The Labute approximate surface area is 69.8 Å². The Morgan fingerprint density at radius 2 is 1.42 bits per heavy atom. The quantitative estimate of drug-likeness (QED) is 0.341. The van der Waals surface area contributed by atoms with Crippen molar-refractivity contribution in [3.05, 3.63) is 20.9 Å². The van der Waals surface area contributed by atoms with Gasteiger partial charge in [0.15, 0.2) is 0 Å². The van der Waals surface area contributed by atoms with Crippen molar-refractivity contribution >= 4 is 0 Å². The van der Waals surface area contributed by atoms with Crippen LogP contribution in [0.4, 0.5) is 0 Å². The summed E-state index contributed by atoms with van der Waals surface area (Å²) in [6.45, 7) is 0. The van der Waals surface area contributed by atoms with Gasteiger partial charge < -0.3 is 0 Å². The number of nitrogens with zero attached hydrogens (tertiary/aromatic N) is 6. The highest BCUT2D eigenvalue weighted by atomic mass is 15.3. The molecule has 1 aliphatic carbocycles. The van der Waals surface area contributed by atoms with Gasteiger partial charge >= 0.3 is 0 Å². The van der Waals surface area contributed by atoms with Crippen molar-refractivity contribution in [1.29, 1.82) is 0 Å². The molecule has 0 heterocycles. The highest BCUT2D eigenvalue weighted by Gasteiger charge is 2.29. The van der Waals surface area contributed by atoms with Gasteiger partial charge in [0.1, 0.15) is 5.66 Å². The van der Waals surface area contributed by atoms with Crippen molar-refractivity contribution in [3.63, 3.8) is 0 Å². The van der Waals surface area contributed by atoms with E-state index in [1.165, 1.54) is 0 Å². The van der Waals surface area contributed by atoms with Crippen LogP contribution >= 0.6 is 0 Å². The molecule has 0 aromatic carbocycles. The predicted molar refractivity (Wildman–Crippen MR) is 44.1 cm³/mol. The third kappa shape index (κ3) is 1.81. The molecule has 6 heteroatoms. The summed E-state index contributed by atoms with van der Waals surface area (Å²) < 4.78 is 0. The maximum atomic E-state index is 8.29. The summed E-state index contributed by atoms with van der Waals surface area (Å²) >= 11 is 0. The highest BCUT2D eigenvalue weighted by molar-refractivity contribution is 4.88. The smallest absolute Gasteiger partial charge is 0.0812 e. The minimum Gasteiger partial charge on any atom is -0.0812 e. The zero-order chi connectivity index (χ0) is 8.86. The van der Waals surface area contributed by atoms with E-state index in [0.717, 1.165) is 19.3 Å². The van der Waals surface area contributed by atoms with Gasteiger partial charge in [-0.2, -0.15) is 0 Å². The van der Waals surface area contributed by atoms with Crippen LogP contribution in [0.2, 0.25) is 0 Å². The molecule has 0 aromatic heterocycles. The van der Waals surface area contributed by atoms with Gasteiger partial charge in [0.05, 0.1) is 0 Å². The molecule has 0 aliphatic heterocycles. The summed E-state index contributed by atoms with van der Waals surface area (Å²) in [6.07, 6.45) is 4.43.